The minimum Gasteiger partial charge on any atom is -0.395 e. The van der Waals surface area contributed by atoms with Gasteiger partial charge in [0.2, 0.25) is 23.6 Å². The highest BCUT2D eigenvalue weighted by molar-refractivity contribution is 5.96. The van der Waals surface area contributed by atoms with Gasteiger partial charge in [-0.3, -0.25) is 19.2 Å². The molecule has 7 rings (SSSR count). The van der Waals surface area contributed by atoms with Gasteiger partial charge in [-0.05, 0) is 136 Å². The third-order valence-corrected chi connectivity index (χ3v) is 15.0. The quantitative estimate of drug-likeness (QED) is 0.0575. The summed E-state index contributed by atoms with van der Waals surface area (Å²) in [6.45, 7) is 16.1. The predicted molar refractivity (Wildman–Crippen MR) is 279 cm³/mol. The van der Waals surface area contributed by atoms with Crippen molar-refractivity contribution in [3.63, 3.8) is 0 Å². The number of amides is 4. The lowest BCUT2D eigenvalue weighted by Crippen LogP contribution is -2.58. The van der Waals surface area contributed by atoms with Crippen molar-refractivity contribution in [2.24, 2.45) is 10.8 Å². The van der Waals surface area contributed by atoms with E-state index in [-0.39, 0.29) is 62.0 Å². The highest BCUT2D eigenvalue weighted by Crippen LogP contribution is 2.41. The van der Waals surface area contributed by atoms with Crippen molar-refractivity contribution >= 4 is 45.4 Å². The molecule has 72 heavy (non-hydrogen) atoms. The number of likely N-dealkylation sites (N-methyl/N-ethyl adjacent to an activating group) is 2. The number of likely N-dealkylation sites (tertiary alicyclic amines) is 2. The Kier molecular flexibility index (Phi) is 16.7. The lowest BCUT2D eigenvalue weighted by atomic mass is 9.85. The first-order chi connectivity index (χ1) is 34.1. The molecule has 3 aromatic carbocycles. The second-order valence-electron chi connectivity index (χ2n) is 22.0. The molecular weight excluding hydrogens is 919 g/mol. The van der Waals surface area contributed by atoms with Crippen LogP contribution in [-0.4, -0.2) is 129 Å². The summed E-state index contributed by atoms with van der Waals surface area (Å²) >= 11 is 0. The van der Waals surface area contributed by atoms with Crippen LogP contribution in [0.25, 0.3) is 44.3 Å². The van der Waals surface area contributed by atoms with Gasteiger partial charge in [-0.2, -0.15) is 0 Å². The Labute approximate surface area is 422 Å². The van der Waals surface area contributed by atoms with Gasteiger partial charge in [0.25, 0.3) is 0 Å². The number of halogens is 2. The van der Waals surface area contributed by atoms with Crippen molar-refractivity contribution in [2.75, 3.05) is 40.4 Å². The first-order valence-corrected chi connectivity index (χ1v) is 25.6. The Bertz CT molecular complexity index is 2590. The molecule has 390 valence electrons. The van der Waals surface area contributed by atoms with Crippen molar-refractivity contribution in [3.05, 3.63) is 83.4 Å². The van der Waals surface area contributed by atoms with Crippen LogP contribution < -0.4 is 21.3 Å². The van der Waals surface area contributed by atoms with Crippen LogP contribution in [0.1, 0.15) is 92.2 Å². The largest absolute Gasteiger partial charge is 0.395 e. The van der Waals surface area contributed by atoms with E-state index in [2.05, 4.69) is 21.3 Å². The number of rotatable bonds is 18. The number of hydrogen-bond acceptors (Lipinski definition) is 8. The Morgan fingerprint density at radius 3 is 1.29 bits per heavy atom. The number of carbonyl (C=O) groups is 4. The van der Waals surface area contributed by atoms with Gasteiger partial charge < -0.3 is 50.4 Å². The summed E-state index contributed by atoms with van der Waals surface area (Å²) in [6, 6.07) is 14.3. The zero-order chi connectivity index (χ0) is 52.4. The Balaban J connectivity index is 1.30. The average Bonchev–Trinajstić information content (AvgIpc) is 4.13. The molecule has 0 aliphatic carbocycles. The fraction of sp³-hybridized carbons (Fsp3) is 0.536. The standard InChI is InChI=1S/C56H76F2N8O6/c1-33(59-9)51(69)61-49(55(3,4)5)53(71)63-23-11-13-39(63)31-43-41-21-19-37(57)29-45(41)65(25-27-67)47(43)35-15-17-36(18-16-35)48-44(42-22-20-38(58)30-46(42)66(48)26-28-68)32-40-14-12-24-64(40)54(72)50(56(6,7)8)62-52(70)34(2)60-10/h15-22,29-30,33-34,39-40,49-50,59-60,67-68H,11-14,23-28,31-32H2,1-10H3,(H,61,69)(H,62,70)/t33-,34-,39?,40?,49+,50+/m0/s1. The fourth-order valence-electron chi connectivity index (χ4n) is 10.9. The first-order valence-electron chi connectivity index (χ1n) is 25.6. The Hall–Kier alpha value is -5.68. The topological polar surface area (TPSA) is 173 Å². The van der Waals surface area contributed by atoms with E-state index in [4.69, 9.17) is 0 Å². The summed E-state index contributed by atoms with van der Waals surface area (Å²) in [6.07, 6.45) is 3.86. The smallest absolute Gasteiger partial charge is 0.245 e. The maximum absolute atomic E-state index is 15.2. The van der Waals surface area contributed by atoms with Crippen LogP contribution in [0.2, 0.25) is 0 Å². The van der Waals surface area contributed by atoms with E-state index in [1.807, 2.05) is 84.7 Å². The minimum absolute atomic E-state index is 0.156. The number of hydrogen-bond donors (Lipinski definition) is 6. The average molecular weight is 995 g/mol. The molecule has 2 aliphatic rings. The number of aliphatic hydroxyl groups is 2. The molecule has 2 fully saturated rings. The second kappa shape index (κ2) is 22.2. The molecule has 16 heteroatoms. The molecule has 4 heterocycles. The highest BCUT2D eigenvalue weighted by Gasteiger charge is 2.42. The van der Waals surface area contributed by atoms with Crippen molar-refractivity contribution in [2.45, 2.75) is 143 Å². The summed E-state index contributed by atoms with van der Waals surface area (Å²) in [7, 11) is 3.40. The minimum atomic E-state index is -0.779. The number of nitrogens with one attached hydrogen (secondary N) is 4. The maximum Gasteiger partial charge on any atom is 0.245 e. The van der Waals surface area contributed by atoms with Crippen LogP contribution in [0, 0.1) is 22.5 Å². The van der Waals surface area contributed by atoms with Crippen molar-refractivity contribution in [1.82, 2.24) is 40.2 Å². The maximum atomic E-state index is 15.2. The number of benzene rings is 3. The van der Waals surface area contributed by atoms with E-state index in [1.165, 1.54) is 24.3 Å². The van der Waals surface area contributed by atoms with E-state index >= 15 is 8.78 Å². The second-order valence-corrected chi connectivity index (χ2v) is 22.0. The van der Waals surface area contributed by atoms with E-state index in [1.54, 1.807) is 40.1 Å². The molecule has 2 saturated heterocycles. The molecule has 2 aromatic heterocycles. The first kappa shape index (κ1) is 54.1. The van der Waals surface area contributed by atoms with Crippen LogP contribution in [0.4, 0.5) is 8.78 Å². The van der Waals surface area contributed by atoms with Gasteiger partial charge in [-0.1, -0.05) is 65.8 Å². The number of carbonyl (C=O) groups excluding carboxylic acids is 4. The van der Waals surface area contributed by atoms with Gasteiger partial charge >= 0.3 is 0 Å². The normalized spacial score (nSPS) is 18.2. The molecule has 0 radical (unpaired) electrons. The van der Waals surface area contributed by atoms with Crippen LogP contribution in [0.5, 0.6) is 0 Å². The molecule has 0 saturated carbocycles. The van der Waals surface area contributed by atoms with Gasteiger partial charge in [0.15, 0.2) is 0 Å². The summed E-state index contributed by atoms with van der Waals surface area (Å²) in [4.78, 5) is 59.3. The Morgan fingerprint density at radius 2 is 0.972 bits per heavy atom. The van der Waals surface area contributed by atoms with E-state index in [9.17, 15) is 29.4 Å². The van der Waals surface area contributed by atoms with Crippen LogP contribution in [-0.2, 0) is 45.1 Å². The van der Waals surface area contributed by atoms with Crippen molar-refractivity contribution < 1.29 is 38.2 Å². The molecule has 6 N–H and O–H groups in total. The number of fused-ring (bicyclic) bond motifs is 2. The third-order valence-electron chi connectivity index (χ3n) is 15.0. The monoisotopic (exact) mass is 995 g/mol. The number of nitrogens with zero attached hydrogens (tertiary/aromatic N) is 4. The Morgan fingerprint density at radius 1 is 0.611 bits per heavy atom. The molecule has 6 atom stereocenters. The molecule has 5 aromatic rings. The SMILES string of the molecule is CN[C@@H](C)C(=O)N[C@H](C(=O)N1CCCC1Cc1c(-c2ccc(-c3c(CC4CCCN4C(=O)[C@@H](NC(=O)[C@H](C)NC)C(C)(C)C)c4ccc(F)cc4n3CCO)cc2)n(CCO)c2cc(F)ccc12)C(C)(C)C. The van der Waals surface area contributed by atoms with Gasteiger partial charge in [0.05, 0.1) is 47.7 Å². The zero-order valence-electron chi connectivity index (χ0n) is 43.8. The molecule has 0 bridgehead atoms. The van der Waals surface area contributed by atoms with E-state index < -0.39 is 46.6 Å². The van der Waals surface area contributed by atoms with Gasteiger partial charge in [0, 0.05) is 49.0 Å². The molecule has 2 unspecified atom stereocenters. The molecule has 14 nitrogen and oxygen atoms in total. The zero-order valence-corrected chi connectivity index (χ0v) is 43.8. The van der Waals surface area contributed by atoms with Crippen LogP contribution in [0.3, 0.4) is 0 Å². The van der Waals surface area contributed by atoms with Gasteiger partial charge in [0.1, 0.15) is 23.7 Å². The van der Waals surface area contributed by atoms with Gasteiger partial charge in [-0.25, -0.2) is 8.78 Å². The van der Waals surface area contributed by atoms with Crippen LogP contribution in [0.15, 0.2) is 60.7 Å². The summed E-state index contributed by atoms with van der Waals surface area (Å²) in [5.41, 5.74) is 5.01. The van der Waals surface area contributed by atoms with Crippen molar-refractivity contribution in [1.29, 1.82) is 0 Å². The van der Waals surface area contributed by atoms with E-state index in [0.717, 1.165) is 70.1 Å². The summed E-state index contributed by atoms with van der Waals surface area (Å²) < 4.78 is 34.3. The molecular formula is C56H76F2N8O6. The lowest BCUT2D eigenvalue weighted by molar-refractivity contribution is -0.140. The predicted octanol–water partition coefficient (Wildman–Crippen LogP) is 6.54. The molecule has 0 spiro atoms. The molecule has 4 amide bonds. The summed E-state index contributed by atoms with van der Waals surface area (Å²) in [5.74, 6) is -1.68. The van der Waals surface area contributed by atoms with Crippen molar-refractivity contribution in [3.8, 4) is 22.5 Å². The van der Waals surface area contributed by atoms with E-state index in [0.29, 0.717) is 37.0 Å². The molecule has 2 aliphatic heterocycles. The number of aromatic nitrogens is 2. The number of aliphatic hydroxyl groups excluding tert-OH is 2. The van der Waals surface area contributed by atoms with Crippen LogP contribution >= 0.6 is 0 Å². The third kappa shape index (κ3) is 11.1. The fourth-order valence-corrected chi connectivity index (χ4v) is 10.9. The van der Waals surface area contributed by atoms with Gasteiger partial charge in [-0.15, -0.1) is 0 Å². The highest BCUT2D eigenvalue weighted by atomic mass is 19.1. The summed E-state index contributed by atoms with van der Waals surface area (Å²) in [5, 5.41) is 34.6. The lowest BCUT2D eigenvalue weighted by Gasteiger charge is -2.36.